The zero-order chi connectivity index (χ0) is 13.0. The van der Waals surface area contributed by atoms with Crippen molar-refractivity contribution < 1.29 is 14.5 Å². The van der Waals surface area contributed by atoms with Crippen LogP contribution in [0.5, 0.6) is 5.75 Å². The molecule has 0 saturated carbocycles. The average Bonchev–Trinajstić information content (AvgIpc) is 2.26. The van der Waals surface area contributed by atoms with Crippen molar-refractivity contribution in [3.63, 3.8) is 0 Å². The second-order valence-corrected chi connectivity index (χ2v) is 2.91. The zero-order valence-corrected chi connectivity index (χ0v) is 8.63. The van der Waals surface area contributed by atoms with E-state index in [9.17, 15) is 14.9 Å². The maximum Gasteiger partial charge on any atom is 0.330 e. The second kappa shape index (κ2) is 4.73. The molecule has 0 unspecified atom stereocenters. The third-order valence-corrected chi connectivity index (χ3v) is 1.81. The van der Waals surface area contributed by atoms with Crippen molar-refractivity contribution >= 4 is 11.7 Å². The van der Waals surface area contributed by atoms with E-state index >= 15 is 0 Å². The number of nitrogens with zero attached hydrogens (tertiary/aromatic N) is 3. The fourth-order valence-corrected chi connectivity index (χ4v) is 1.20. The highest BCUT2D eigenvalue weighted by Gasteiger charge is 2.25. The molecule has 0 heterocycles. The molecule has 0 aliphatic carbocycles. The van der Waals surface area contributed by atoms with E-state index in [-0.39, 0.29) is 11.3 Å². The maximum atomic E-state index is 10.8. The van der Waals surface area contributed by atoms with E-state index in [0.29, 0.717) is 0 Å². The molecular formula is C10H5N3O4. The Morgan fingerprint density at radius 3 is 2.47 bits per heavy atom. The molecule has 0 aliphatic rings. The molecule has 0 fully saturated rings. The highest BCUT2D eigenvalue weighted by atomic mass is 16.6. The Balaban J connectivity index is 3.56. The fraction of sp³-hybridized carbons (Fsp3) is 0.100. The molecule has 0 spiro atoms. The number of hydrogen-bond acceptors (Lipinski definition) is 6. The molecule has 1 rings (SSSR count). The summed E-state index contributed by atoms with van der Waals surface area (Å²) in [5.74, 6) is -1.10. The van der Waals surface area contributed by atoms with Crippen LogP contribution in [0.2, 0.25) is 0 Å². The lowest BCUT2D eigenvalue weighted by Crippen LogP contribution is -2.06. The Morgan fingerprint density at radius 1 is 1.41 bits per heavy atom. The molecule has 1 aromatic rings. The lowest BCUT2D eigenvalue weighted by Gasteiger charge is -2.04. The molecule has 0 aliphatic heterocycles. The number of carbonyl (C=O) groups excluding carboxylic acids is 1. The Kier molecular flexibility index (Phi) is 3.38. The minimum absolute atomic E-state index is 0.143. The van der Waals surface area contributed by atoms with Crippen LogP contribution in [0.4, 0.5) is 5.69 Å². The highest BCUT2D eigenvalue weighted by Crippen LogP contribution is 2.32. The minimum Gasteiger partial charge on any atom is -0.419 e. The minimum atomic E-state index is -0.863. The number of nitro benzene ring substituents is 1. The van der Waals surface area contributed by atoms with E-state index in [1.165, 1.54) is 6.07 Å². The lowest BCUT2D eigenvalue weighted by atomic mass is 10.1. The monoisotopic (exact) mass is 231 g/mol. The summed E-state index contributed by atoms with van der Waals surface area (Å²) in [5.41, 5.74) is -1.24. The van der Waals surface area contributed by atoms with Crippen molar-refractivity contribution in [3.8, 4) is 17.9 Å². The van der Waals surface area contributed by atoms with Crippen LogP contribution in [0.25, 0.3) is 0 Å². The van der Waals surface area contributed by atoms with Crippen molar-refractivity contribution in [1.29, 1.82) is 10.5 Å². The van der Waals surface area contributed by atoms with Gasteiger partial charge in [0.2, 0.25) is 5.75 Å². The van der Waals surface area contributed by atoms with E-state index < -0.39 is 22.1 Å². The molecule has 0 aromatic heterocycles. The number of ether oxygens (including phenoxy) is 1. The third-order valence-electron chi connectivity index (χ3n) is 1.81. The molecule has 0 N–H and O–H groups in total. The second-order valence-electron chi connectivity index (χ2n) is 2.91. The molecule has 1 aromatic carbocycles. The Labute approximate surface area is 95.6 Å². The summed E-state index contributed by atoms with van der Waals surface area (Å²) < 4.78 is 4.61. The zero-order valence-electron chi connectivity index (χ0n) is 8.63. The van der Waals surface area contributed by atoms with Crippen LogP contribution in [0.3, 0.4) is 0 Å². The van der Waals surface area contributed by atoms with Crippen molar-refractivity contribution in [2.75, 3.05) is 0 Å². The molecule has 0 atom stereocenters. The van der Waals surface area contributed by atoms with Crippen molar-refractivity contribution in [1.82, 2.24) is 0 Å². The third kappa shape index (κ3) is 2.36. The molecular weight excluding hydrogens is 226 g/mol. The van der Waals surface area contributed by atoms with Gasteiger partial charge in [-0.15, -0.1) is 0 Å². The van der Waals surface area contributed by atoms with Crippen LogP contribution < -0.4 is 4.74 Å². The number of rotatable bonds is 2. The Morgan fingerprint density at radius 2 is 2.06 bits per heavy atom. The fourth-order valence-electron chi connectivity index (χ4n) is 1.20. The van der Waals surface area contributed by atoms with Crippen LogP contribution in [-0.2, 0) is 4.79 Å². The number of hydrogen-bond donors (Lipinski definition) is 0. The molecule has 84 valence electrons. The summed E-state index contributed by atoms with van der Waals surface area (Å²) >= 11 is 0. The van der Waals surface area contributed by atoms with Crippen molar-refractivity contribution in [2.45, 2.75) is 6.92 Å². The topological polar surface area (TPSA) is 117 Å². The van der Waals surface area contributed by atoms with Gasteiger partial charge in [-0.3, -0.25) is 14.9 Å². The molecule has 7 nitrogen and oxygen atoms in total. The van der Waals surface area contributed by atoms with E-state index in [0.717, 1.165) is 13.0 Å². The predicted molar refractivity (Wildman–Crippen MR) is 53.8 cm³/mol. The van der Waals surface area contributed by atoms with Crippen molar-refractivity contribution in [2.24, 2.45) is 0 Å². The summed E-state index contributed by atoms with van der Waals surface area (Å²) in [5, 5.41) is 28.3. The Hall–Kier alpha value is -2.93. The van der Waals surface area contributed by atoms with E-state index in [1.54, 1.807) is 12.1 Å². The Bertz CT molecular complexity index is 580. The van der Waals surface area contributed by atoms with Gasteiger partial charge in [0.25, 0.3) is 0 Å². The number of benzene rings is 1. The smallest absolute Gasteiger partial charge is 0.330 e. The van der Waals surface area contributed by atoms with Crippen LogP contribution in [0, 0.1) is 32.8 Å². The van der Waals surface area contributed by atoms with Crippen LogP contribution in [0.15, 0.2) is 12.1 Å². The van der Waals surface area contributed by atoms with Crippen molar-refractivity contribution in [3.05, 3.63) is 33.4 Å². The normalized spacial score (nSPS) is 8.88. The van der Waals surface area contributed by atoms with Gasteiger partial charge in [0, 0.05) is 6.92 Å². The molecule has 0 bridgehead atoms. The molecule has 0 radical (unpaired) electrons. The van der Waals surface area contributed by atoms with E-state index in [2.05, 4.69) is 4.74 Å². The first kappa shape index (κ1) is 12.1. The summed E-state index contributed by atoms with van der Waals surface area (Å²) in [7, 11) is 0. The summed E-state index contributed by atoms with van der Waals surface area (Å²) in [6.07, 6.45) is 0. The van der Waals surface area contributed by atoms with Gasteiger partial charge in [0.05, 0.1) is 10.5 Å². The molecule has 17 heavy (non-hydrogen) atoms. The number of nitriles is 2. The van der Waals surface area contributed by atoms with Gasteiger partial charge in [-0.05, 0) is 12.1 Å². The van der Waals surface area contributed by atoms with Gasteiger partial charge in [-0.2, -0.15) is 10.5 Å². The van der Waals surface area contributed by atoms with Gasteiger partial charge in [0.1, 0.15) is 12.1 Å². The van der Waals surface area contributed by atoms with Crippen LogP contribution in [0.1, 0.15) is 18.1 Å². The maximum absolute atomic E-state index is 10.8. The van der Waals surface area contributed by atoms with Gasteiger partial charge in [-0.25, -0.2) is 0 Å². The first-order chi connectivity index (χ1) is 8.01. The predicted octanol–water partition coefficient (Wildman–Crippen LogP) is 1.26. The first-order valence-electron chi connectivity index (χ1n) is 4.31. The van der Waals surface area contributed by atoms with E-state index in [1.807, 2.05) is 0 Å². The average molecular weight is 231 g/mol. The first-order valence-corrected chi connectivity index (χ1v) is 4.31. The highest BCUT2D eigenvalue weighted by molar-refractivity contribution is 5.73. The van der Waals surface area contributed by atoms with Gasteiger partial charge < -0.3 is 4.74 Å². The summed E-state index contributed by atoms with van der Waals surface area (Å²) in [6.45, 7) is 1.08. The number of esters is 1. The van der Waals surface area contributed by atoms with Crippen LogP contribution in [-0.4, -0.2) is 10.9 Å². The lowest BCUT2D eigenvalue weighted by molar-refractivity contribution is -0.386. The summed E-state index contributed by atoms with van der Waals surface area (Å²) in [6, 6.07) is 5.50. The largest absolute Gasteiger partial charge is 0.419 e. The number of nitro groups is 1. The van der Waals surface area contributed by atoms with E-state index in [4.69, 9.17) is 10.5 Å². The molecule has 0 saturated heterocycles. The SMILES string of the molecule is CC(=O)Oc1ccc(C#N)c(C#N)c1[N+](=O)[O-]. The standard InChI is InChI=1S/C10H5N3O4/c1-6(14)17-9-3-2-7(4-11)8(5-12)10(9)13(15)16/h2-3H,1H3. The molecule has 0 amide bonds. The van der Waals surface area contributed by atoms with Crippen LogP contribution >= 0.6 is 0 Å². The molecule has 7 heteroatoms. The number of carbonyl (C=O) groups is 1. The van der Waals surface area contributed by atoms with Gasteiger partial charge in [0.15, 0.2) is 5.56 Å². The van der Waals surface area contributed by atoms with Gasteiger partial charge >= 0.3 is 11.7 Å². The quantitative estimate of drug-likeness (QED) is 0.327. The summed E-state index contributed by atoms with van der Waals surface area (Å²) in [4.78, 5) is 20.7. The van der Waals surface area contributed by atoms with Gasteiger partial charge in [-0.1, -0.05) is 0 Å².